The molecule has 4 rings (SSSR count). The quantitative estimate of drug-likeness (QED) is 0.775. The molecule has 3 heterocycles. The Bertz CT molecular complexity index is 897. The summed E-state index contributed by atoms with van der Waals surface area (Å²) in [6, 6.07) is 12.9. The molecule has 1 atom stereocenters. The minimum absolute atomic E-state index is 0.0453. The molecule has 2 fully saturated rings. The Morgan fingerprint density at radius 3 is 2.58 bits per heavy atom. The lowest BCUT2D eigenvalue weighted by molar-refractivity contribution is -0.125. The first kappa shape index (κ1) is 21.2. The molecule has 0 aliphatic carbocycles. The van der Waals surface area contributed by atoms with Gasteiger partial charge in [-0.05, 0) is 56.9 Å². The van der Waals surface area contributed by atoms with Crippen LogP contribution in [-0.4, -0.2) is 60.0 Å². The van der Waals surface area contributed by atoms with E-state index in [0.717, 1.165) is 38.2 Å². The molecule has 31 heavy (non-hydrogen) atoms. The third-order valence-corrected chi connectivity index (χ3v) is 6.05. The SMILES string of the molecule is CCOc1ccccc1C(=O)N1CCCC1C(=O)NC1CCN(c2ccccn2)CC1. The van der Waals surface area contributed by atoms with Gasteiger partial charge in [-0.15, -0.1) is 0 Å². The molecule has 1 unspecified atom stereocenters. The van der Waals surface area contributed by atoms with Crippen LogP contribution in [0.15, 0.2) is 48.7 Å². The molecule has 1 N–H and O–H groups in total. The summed E-state index contributed by atoms with van der Waals surface area (Å²) in [4.78, 5) is 34.6. The molecule has 7 heteroatoms. The molecule has 2 aliphatic rings. The zero-order valence-corrected chi connectivity index (χ0v) is 18.0. The highest BCUT2D eigenvalue weighted by molar-refractivity contribution is 6.00. The van der Waals surface area contributed by atoms with Crippen molar-refractivity contribution in [3.8, 4) is 5.75 Å². The topological polar surface area (TPSA) is 74.8 Å². The zero-order valence-electron chi connectivity index (χ0n) is 18.0. The van der Waals surface area contributed by atoms with Gasteiger partial charge in [-0.2, -0.15) is 0 Å². The molecule has 2 aliphatic heterocycles. The second-order valence-electron chi connectivity index (χ2n) is 8.04. The Kier molecular flexibility index (Phi) is 6.70. The van der Waals surface area contributed by atoms with E-state index < -0.39 is 6.04 Å². The van der Waals surface area contributed by atoms with E-state index >= 15 is 0 Å². The van der Waals surface area contributed by atoms with Crippen molar-refractivity contribution >= 4 is 17.6 Å². The van der Waals surface area contributed by atoms with Gasteiger partial charge < -0.3 is 19.9 Å². The first-order valence-electron chi connectivity index (χ1n) is 11.2. The van der Waals surface area contributed by atoms with Crippen LogP contribution in [0, 0.1) is 0 Å². The van der Waals surface area contributed by atoms with Gasteiger partial charge in [0.25, 0.3) is 5.91 Å². The highest BCUT2D eigenvalue weighted by Crippen LogP contribution is 2.26. The van der Waals surface area contributed by atoms with Crippen LogP contribution in [0.4, 0.5) is 5.82 Å². The molecule has 0 spiro atoms. The molecule has 164 valence electrons. The lowest BCUT2D eigenvalue weighted by Crippen LogP contribution is -2.51. The van der Waals surface area contributed by atoms with Gasteiger partial charge in [0, 0.05) is 31.9 Å². The summed E-state index contributed by atoms with van der Waals surface area (Å²) in [7, 11) is 0. The Morgan fingerprint density at radius 1 is 1.06 bits per heavy atom. The number of para-hydroxylation sites is 1. The molecule has 0 bridgehead atoms. The van der Waals surface area contributed by atoms with Gasteiger partial charge in [0.05, 0.1) is 12.2 Å². The number of carbonyl (C=O) groups is 2. The number of carbonyl (C=O) groups excluding carboxylic acids is 2. The van der Waals surface area contributed by atoms with Crippen molar-refractivity contribution in [3.63, 3.8) is 0 Å². The molecule has 7 nitrogen and oxygen atoms in total. The van der Waals surface area contributed by atoms with Gasteiger partial charge in [0.15, 0.2) is 0 Å². The summed E-state index contributed by atoms with van der Waals surface area (Å²) in [6.07, 6.45) is 5.07. The van der Waals surface area contributed by atoms with Gasteiger partial charge in [-0.1, -0.05) is 18.2 Å². The number of amides is 2. The number of benzene rings is 1. The molecule has 2 saturated heterocycles. The number of ether oxygens (including phenoxy) is 1. The van der Waals surface area contributed by atoms with Crippen molar-refractivity contribution in [1.29, 1.82) is 0 Å². The number of aromatic nitrogens is 1. The maximum absolute atomic E-state index is 13.2. The summed E-state index contributed by atoms with van der Waals surface area (Å²) in [5.41, 5.74) is 0.521. The fraction of sp³-hybridized carbons (Fsp3) is 0.458. The molecule has 1 aromatic carbocycles. The standard InChI is InChI=1S/C24H30N4O3/c1-2-31-21-10-4-3-8-19(21)24(30)28-15-7-9-20(28)23(29)26-18-12-16-27(17-13-18)22-11-5-6-14-25-22/h3-6,8,10-11,14,18,20H,2,7,9,12-13,15-17H2,1H3,(H,26,29). The van der Waals surface area contributed by atoms with Crippen molar-refractivity contribution in [3.05, 3.63) is 54.2 Å². The van der Waals surface area contributed by atoms with Crippen molar-refractivity contribution in [2.24, 2.45) is 0 Å². The van der Waals surface area contributed by atoms with E-state index in [0.29, 0.717) is 30.9 Å². The minimum Gasteiger partial charge on any atom is -0.493 e. The molecule has 2 aromatic rings. The Hall–Kier alpha value is -3.09. The number of pyridine rings is 1. The maximum Gasteiger partial charge on any atom is 0.258 e. The normalized spacial score (nSPS) is 19.3. The van der Waals surface area contributed by atoms with Crippen LogP contribution in [0.2, 0.25) is 0 Å². The van der Waals surface area contributed by atoms with Crippen molar-refractivity contribution < 1.29 is 14.3 Å². The van der Waals surface area contributed by atoms with E-state index in [1.54, 1.807) is 23.2 Å². The fourth-order valence-electron chi connectivity index (χ4n) is 4.45. The number of hydrogen-bond donors (Lipinski definition) is 1. The third-order valence-electron chi connectivity index (χ3n) is 6.05. The van der Waals surface area contributed by atoms with Crippen LogP contribution in [0.3, 0.4) is 0 Å². The molecular weight excluding hydrogens is 392 g/mol. The molecule has 0 saturated carbocycles. The number of anilines is 1. The minimum atomic E-state index is -0.420. The van der Waals surface area contributed by atoms with E-state index in [1.807, 2.05) is 37.3 Å². The predicted molar refractivity (Wildman–Crippen MR) is 119 cm³/mol. The van der Waals surface area contributed by atoms with Crippen molar-refractivity contribution in [2.75, 3.05) is 31.1 Å². The smallest absolute Gasteiger partial charge is 0.258 e. The first-order valence-corrected chi connectivity index (χ1v) is 11.2. The monoisotopic (exact) mass is 422 g/mol. The van der Waals surface area contributed by atoms with Gasteiger partial charge in [0.2, 0.25) is 5.91 Å². The van der Waals surface area contributed by atoms with Crippen LogP contribution >= 0.6 is 0 Å². The molecule has 1 aromatic heterocycles. The lowest BCUT2D eigenvalue weighted by Gasteiger charge is -2.34. The number of likely N-dealkylation sites (tertiary alicyclic amines) is 1. The van der Waals surface area contributed by atoms with Crippen molar-refractivity contribution in [1.82, 2.24) is 15.2 Å². The average Bonchev–Trinajstić information content (AvgIpc) is 3.31. The van der Waals surface area contributed by atoms with Gasteiger partial charge in [-0.25, -0.2) is 4.98 Å². The number of hydrogen-bond acceptors (Lipinski definition) is 5. The summed E-state index contributed by atoms with van der Waals surface area (Å²) in [5.74, 6) is 1.37. The zero-order chi connectivity index (χ0) is 21.6. The largest absolute Gasteiger partial charge is 0.493 e. The van der Waals surface area contributed by atoms with E-state index in [-0.39, 0.29) is 17.9 Å². The average molecular weight is 423 g/mol. The highest BCUT2D eigenvalue weighted by Gasteiger charge is 2.36. The van der Waals surface area contributed by atoms with Gasteiger partial charge in [0.1, 0.15) is 17.6 Å². The Balaban J connectivity index is 1.36. The van der Waals surface area contributed by atoms with Crippen molar-refractivity contribution in [2.45, 2.75) is 44.7 Å². The highest BCUT2D eigenvalue weighted by atomic mass is 16.5. The summed E-state index contributed by atoms with van der Waals surface area (Å²) < 4.78 is 5.62. The summed E-state index contributed by atoms with van der Waals surface area (Å²) in [5, 5.41) is 3.20. The third kappa shape index (κ3) is 4.81. The fourth-order valence-corrected chi connectivity index (χ4v) is 4.45. The lowest BCUT2D eigenvalue weighted by atomic mass is 10.0. The number of rotatable bonds is 6. The van der Waals surface area contributed by atoms with Crippen LogP contribution in [0.25, 0.3) is 0 Å². The Labute approximate surface area is 183 Å². The Morgan fingerprint density at radius 2 is 1.84 bits per heavy atom. The van der Waals surface area contributed by atoms with Crippen LogP contribution in [0.1, 0.15) is 43.0 Å². The van der Waals surface area contributed by atoms with Crippen LogP contribution in [-0.2, 0) is 4.79 Å². The van der Waals surface area contributed by atoms with Gasteiger partial charge in [-0.3, -0.25) is 9.59 Å². The van der Waals surface area contributed by atoms with Crippen LogP contribution < -0.4 is 15.0 Å². The second-order valence-corrected chi connectivity index (χ2v) is 8.04. The number of nitrogens with one attached hydrogen (secondary N) is 1. The summed E-state index contributed by atoms with van der Waals surface area (Å²) >= 11 is 0. The van der Waals surface area contributed by atoms with Crippen LogP contribution in [0.5, 0.6) is 5.75 Å². The van der Waals surface area contributed by atoms with E-state index in [1.165, 1.54) is 0 Å². The first-order chi connectivity index (χ1) is 15.2. The molecule has 0 radical (unpaired) electrons. The number of piperidine rings is 1. The second kappa shape index (κ2) is 9.81. The van der Waals surface area contributed by atoms with E-state index in [2.05, 4.69) is 15.2 Å². The predicted octanol–water partition coefficient (Wildman–Crippen LogP) is 2.87. The maximum atomic E-state index is 13.2. The summed E-state index contributed by atoms with van der Waals surface area (Å²) in [6.45, 7) is 4.70. The molecule has 2 amide bonds. The van der Waals surface area contributed by atoms with Gasteiger partial charge >= 0.3 is 0 Å². The molecular formula is C24H30N4O3. The van der Waals surface area contributed by atoms with E-state index in [4.69, 9.17) is 4.74 Å². The number of nitrogens with zero attached hydrogens (tertiary/aromatic N) is 3. The van der Waals surface area contributed by atoms with E-state index in [9.17, 15) is 9.59 Å².